The molecule has 0 spiro atoms. The van der Waals surface area contributed by atoms with Crippen molar-refractivity contribution in [1.82, 2.24) is 9.88 Å². The van der Waals surface area contributed by atoms with Crippen LogP contribution in [0.5, 0.6) is 0 Å². The molecule has 43 heavy (non-hydrogen) atoms. The second-order valence-electron chi connectivity index (χ2n) is 10.0. The van der Waals surface area contributed by atoms with E-state index in [2.05, 4.69) is 4.98 Å². The van der Waals surface area contributed by atoms with Crippen LogP contribution >= 0.6 is 0 Å². The fourth-order valence-electron chi connectivity index (χ4n) is 4.99. The molecule has 0 saturated heterocycles. The third-order valence-corrected chi connectivity index (χ3v) is 8.61. The van der Waals surface area contributed by atoms with Gasteiger partial charge < -0.3 is 4.90 Å². The van der Waals surface area contributed by atoms with Crippen LogP contribution in [0.15, 0.2) is 108 Å². The third-order valence-electron chi connectivity index (χ3n) is 7.17. The normalized spacial score (nSPS) is 12.2. The lowest BCUT2D eigenvalue weighted by atomic mass is 9.96. The van der Waals surface area contributed by atoms with E-state index in [-0.39, 0.29) is 11.4 Å². The van der Waals surface area contributed by atoms with Crippen molar-refractivity contribution in [2.24, 2.45) is 0 Å². The highest BCUT2D eigenvalue weighted by Crippen LogP contribution is 2.37. The van der Waals surface area contributed by atoms with Gasteiger partial charge in [-0.05, 0) is 65.1 Å². The molecule has 5 aromatic rings. The first kappa shape index (κ1) is 29.8. The first-order chi connectivity index (χ1) is 20.7. The maximum atomic E-state index is 13.6. The standard InChI is InChI=1S/C34H27F3N2O3S/c1-39(33(41)29-13-3-2-8-26(29)22-40)18-7-19-43(42)27-12-5-10-24(21-27)23-9-4-11-25(20-23)28-16-17-38-32-30(28)14-6-15-31(32)34(35,36)37/h2-6,8-17,20-22H,7,18-19H2,1H3. The van der Waals surface area contributed by atoms with E-state index in [1.807, 2.05) is 42.5 Å². The van der Waals surface area contributed by atoms with Gasteiger partial charge in [0.25, 0.3) is 5.91 Å². The SMILES string of the molecule is CN(CCCS(=O)c1cccc(-c2cccc(-c3ccnc4c(C(F)(F)F)cccc34)c2)c1)C(=O)c1ccccc1C=O. The summed E-state index contributed by atoms with van der Waals surface area (Å²) >= 11 is 0. The van der Waals surface area contributed by atoms with Gasteiger partial charge in [0.05, 0.1) is 27.4 Å². The number of halogens is 3. The van der Waals surface area contributed by atoms with E-state index in [1.54, 1.807) is 49.5 Å². The summed E-state index contributed by atoms with van der Waals surface area (Å²) < 4.78 is 54.0. The zero-order valence-electron chi connectivity index (χ0n) is 23.2. The summed E-state index contributed by atoms with van der Waals surface area (Å²) in [5, 5.41) is 0.405. The molecule has 1 heterocycles. The summed E-state index contributed by atoms with van der Waals surface area (Å²) in [5.74, 6) is 0.0630. The van der Waals surface area contributed by atoms with E-state index >= 15 is 0 Å². The average Bonchev–Trinajstić information content (AvgIpc) is 3.03. The van der Waals surface area contributed by atoms with Crippen LogP contribution < -0.4 is 0 Å². The Morgan fingerprint density at radius 1 is 0.884 bits per heavy atom. The van der Waals surface area contributed by atoms with Gasteiger partial charge in [0.1, 0.15) is 0 Å². The van der Waals surface area contributed by atoms with Crippen LogP contribution in [0, 0.1) is 0 Å². The molecule has 0 fully saturated rings. The lowest BCUT2D eigenvalue weighted by Crippen LogP contribution is -2.29. The van der Waals surface area contributed by atoms with Crippen molar-refractivity contribution in [2.75, 3.05) is 19.3 Å². The first-order valence-electron chi connectivity index (χ1n) is 13.5. The minimum absolute atomic E-state index is 0.101. The number of alkyl halides is 3. The molecule has 0 aliphatic rings. The molecule has 5 rings (SSSR count). The molecule has 0 bridgehead atoms. The van der Waals surface area contributed by atoms with Crippen LogP contribution in [0.4, 0.5) is 13.2 Å². The predicted molar refractivity (Wildman–Crippen MR) is 162 cm³/mol. The Balaban J connectivity index is 1.32. The fraction of sp³-hybridized carbons (Fsp3) is 0.147. The van der Waals surface area contributed by atoms with Crippen molar-refractivity contribution in [3.05, 3.63) is 120 Å². The number of aldehydes is 1. The quantitative estimate of drug-likeness (QED) is 0.163. The van der Waals surface area contributed by atoms with Crippen LogP contribution in [0.2, 0.25) is 0 Å². The van der Waals surface area contributed by atoms with Gasteiger partial charge in [-0.15, -0.1) is 0 Å². The molecule has 1 aromatic heterocycles. The summed E-state index contributed by atoms with van der Waals surface area (Å²) in [6.45, 7) is 0.370. The zero-order chi connectivity index (χ0) is 30.6. The van der Waals surface area contributed by atoms with Crippen molar-refractivity contribution < 1.29 is 27.0 Å². The first-order valence-corrected chi connectivity index (χ1v) is 14.8. The van der Waals surface area contributed by atoms with E-state index in [0.717, 1.165) is 22.8 Å². The summed E-state index contributed by atoms with van der Waals surface area (Å²) in [6.07, 6.45) is -1.99. The Bertz CT molecular complexity index is 1840. The second kappa shape index (κ2) is 12.7. The monoisotopic (exact) mass is 600 g/mol. The zero-order valence-corrected chi connectivity index (χ0v) is 24.0. The number of fused-ring (bicyclic) bond motifs is 1. The number of carbonyl (C=O) groups is 2. The van der Waals surface area contributed by atoms with Crippen LogP contribution in [-0.2, 0) is 17.0 Å². The second-order valence-corrected chi connectivity index (χ2v) is 11.6. The number of nitrogens with zero attached hydrogens (tertiary/aromatic N) is 2. The van der Waals surface area contributed by atoms with Gasteiger partial charge in [-0.2, -0.15) is 13.2 Å². The highest BCUT2D eigenvalue weighted by atomic mass is 32.2. The van der Waals surface area contributed by atoms with Crippen molar-refractivity contribution >= 4 is 33.9 Å². The van der Waals surface area contributed by atoms with E-state index in [4.69, 9.17) is 0 Å². The number of hydrogen-bond acceptors (Lipinski definition) is 4. The molecule has 4 aromatic carbocycles. The maximum absolute atomic E-state index is 13.6. The average molecular weight is 601 g/mol. The Kier molecular flexibility index (Phi) is 8.82. The van der Waals surface area contributed by atoms with E-state index in [9.17, 15) is 27.0 Å². The van der Waals surface area contributed by atoms with Crippen LogP contribution in [-0.4, -0.2) is 45.6 Å². The smallest absolute Gasteiger partial charge is 0.342 e. The van der Waals surface area contributed by atoms with Gasteiger partial charge in [0.15, 0.2) is 6.29 Å². The maximum Gasteiger partial charge on any atom is 0.418 e. The Hall–Kier alpha value is -4.63. The van der Waals surface area contributed by atoms with Crippen LogP contribution in [0.3, 0.4) is 0 Å². The fourth-order valence-corrected chi connectivity index (χ4v) is 6.11. The summed E-state index contributed by atoms with van der Waals surface area (Å²) in [7, 11) is 0.322. The molecule has 0 radical (unpaired) electrons. The van der Waals surface area contributed by atoms with E-state index < -0.39 is 22.5 Å². The van der Waals surface area contributed by atoms with Gasteiger partial charge in [-0.3, -0.25) is 18.8 Å². The van der Waals surface area contributed by atoms with Gasteiger partial charge in [0, 0.05) is 41.4 Å². The molecule has 218 valence electrons. The van der Waals surface area contributed by atoms with Gasteiger partial charge >= 0.3 is 6.18 Å². The van der Waals surface area contributed by atoms with E-state index in [0.29, 0.717) is 52.0 Å². The molecule has 0 aliphatic heterocycles. The molecule has 9 heteroatoms. The van der Waals surface area contributed by atoms with Gasteiger partial charge in [-0.1, -0.05) is 60.7 Å². The molecule has 0 N–H and O–H groups in total. The summed E-state index contributed by atoms with van der Waals surface area (Å²) in [6, 6.07) is 27.2. The molecular formula is C34H27F3N2O3S. The van der Waals surface area contributed by atoms with Crippen molar-refractivity contribution in [2.45, 2.75) is 17.5 Å². The molecule has 0 saturated carbocycles. The number of hydrogen-bond donors (Lipinski definition) is 0. The number of amides is 1. The Morgan fingerprint density at radius 2 is 1.58 bits per heavy atom. The van der Waals surface area contributed by atoms with Crippen molar-refractivity contribution in [3.8, 4) is 22.3 Å². The van der Waals surface area contributed by atoms with Crippen LogP contribution in [0.1, 0.15) is 32.7 Å². The minimum atomic E-state index is -4.52. The lowest BCUT2D eigenvalue weighted by Gasteiger charge is -2.18. The largest absolute Gasteiger partial charge is 0.418 e. The highest BCUT2D eigenvalue weighted by Gasteiger charge is 2.33. The number of benzene rings is 4. The van der Waals surface area contributed by atoms with Gasteiger partial charge in [-0.25, -0.2) is 0 Å². The molecule has 1 amide bonds. The van der Waals surface area contributed by atoms with E-state index in [1.165, 1.54) is 17.2 Å². The molecule has 1 unspecified atom stereocenters. The molecule has 1 atom stereocenters. The Labute approximate surface area is 249 Å². The summed E-state index contributed by atoms with van der Waals surface area (Å²) in [5.41, 5.74) is 2.79. The Morgan fingerprint density at radius 3 is 2.35 bits per heavy atom. The predicted octanol–water partition coefficient (Wildman–Crippen LogP) is 7.67. The number of rotatable bonds is 9. The number of para-hydroxylation sites is 1. The minimum Gasteiger partial charge on any atom is -0.342 e. The number of pyridine rings is 1. The molecular weight excluding hydrogens is 573 g/mol. The van der Waals surface area contributed by atoms with Gasteiger partial charge in [0.2, 0.25) is 0 Å². The number of aromatic nitrogens is 1. The topological polar surface area (TPSA) is 67.3 Å². The summed E-state index contributed by atoms with van der Waals surface area (Å²) in [4.78, 5) is 30.2. The molecule has 0 aliphatic carbocycles. The van der Waals surface area contributed by atoms with Crippen molar-refractivity contribution in [1.29, 1.82) is 0 Å². The van der Waals surface area contributed by atoms with Crippen molar-refractivity contribution in [3.63, 3.8) is 0 Å². The highest BCUT2D eigenvalue weighted by molar-refractivity contribution is 7.85. The lowest BCUT2D eigenvalue weighted by molar-refractivity contribution is -0.136. The van der Waals surface area contributed by atoms with Crippen LogP contribution in [0.25, 0.3) is 33.2 Å². The third kappa shape index (κ3) is 6.57. The molecule has 5 nitrogen and oxygen atoms in total. The number of carbonyl (C=O) groups excluding carboxylic acids is 2.